The average Bonchev–Trinajstić information content (AvgIpc) is 2.35. The van der Waals surface area contributed by atoms with E-state index in [9.17, 15) is 13.2 Å². The lowest BCUT2D eigenvalue weighted by Crippen LogP contribution is -2.31. The fourth-order valence-electron chi connectivity index (χ4n) is 1.71. The van der Waals surface area contributed by atoms with Gasteiger partial charge in [-0.15, -0.1) is 0 Å². The molecule has 0 atom stereocenters. The molecule has 7 heteroatoms. The number of ether oxygens (including phenoxy) is 1. The van der Waals surface area contributed by atoms with Crippen LogP contribution in [0.2, 0.25) is 0 Å². The second-order valence-corrected chi connectivity index (χ2v) is 7.22. The lowest BCUT2D eigenvalue weighted by atomic mass is 10.2. The number of anilines is 1. The van der Waals surface area contributed by atoms with Gasteiger partial charge in [-0.25, -0.2) is 8.42 Å². The summed E-state index contributed by atoms with van der Waals surface area (Å²) in [6.07, 6.45) is 1.17. The van der Waals surface area contributed by atoms with E-state index < -0.39 is 9.84 Å². The van der Waals surface area contributed by atoms with Gasteiger partial charge in [-0.05, 0) is 32.0 Å². The summed E-state index contributed by atoms with van der Waals surface area (Å²) in [5.41, 5.74) is 6.17. The van der Waals surface area contributed by atoms with Crippen molar-refractivity contribution in [3.05, 3.63) is 23.8 Å². The van der Waals surface area contributed by atoms with Crippen molar-refractivity contribution in [2.45, 2.75) is 24.8 Å². The molecule has 0 radical (unpaired) electrons. The molecule has 1 aromatic carbocycles. The molecule has 6 nitrogen and oxygen atoms in total. The Kier molecular flexibility index (Phi) is 5.74. The zero-order valence-electron chi connectivity index (χ0n) is 12.8. The van der Waals surface area contributed by atoms with Crippen molar-refractivity contribution >= 4 is 21.4 Å². The number of sulfone groups is 1. The Bertz CT molecular complexity index is 611. The number of hydrogen-bond acceptors (Lipinski definition) is 5. The maximum absolute atomic E-state index is 12.3. The molecule has 0 bridgehead atoms. The zero-order chi connectivity index (χ0) is 16.2. The van der Waals surface area contributed by atoms with Gasteiger partial charge in [0.2, 0.25) is 0 Å². The van der Waals surface area contributed by atoms with Crippen molar-refractivity contribution in [3.63, 3.8) is 0 Å². The third-order valence-corrected chi connectivity index (χ3v) is 3.92. The number of carbonyl (C=O) groups excluding carboxylic acids is 1. The van der Waals surface area contributed by atoms with Crippen LogP contribution in [0.5, 0.6) is 0 Å². The predicted octanol–water partition coefficient (Wildman–Crippen LogP) is 1.17. The van der Waals surface area contributed by atoms with Crippen molar-refractivity contribution in [1.29, 1.82) is 0 Å². The van der Waals surface area contributed by atoms with Crippen LogP contribution in [0.25, 0.3) is 0 Å². The van der Waals surface area contributed by atoms with E-state index in [0.29, 0.717) is 13.2 Å². The van der Waals surface area contributed by atoms with Crippen LogP contribution in [0, 0.1) is 0 Å². The molecule has 0 unspecified atom stereocenters. The average molecular weight is 314 g/mol. The molecule has 2 N–H and O–H groups in total. The molecule has 0 saturated heterocycles. The topological polar surface area (TPSA) is 89.7 Å². The molecule has 0 aliphatic heterocycles. The summed E-state index contributed by atoms with van der Waals surface area (Å²) >= 11 is 0. The molecule has 21 heavy (non-hydrogen) atoms. The van der Waals surface area contributed by atoms with Gasteiger partial charge in [-0.2, -0.15) is 0 Å². The highest BCUT2D eigenvalue weighted by Crippen LogP contribution is 2.18. The monoisotopic (exact) mass is 314 g/mol. The molecular formula is C14H22N2O4S. The highest BCUT2D eigenvalue weighted by atomic mass is 32.2. The van der Waals surface area contributed by atoms with E-state index >= 15 is 0 Å². The molecule has 0 spiro atoms. The Morgan fingerprint density at radius 1 is 1.33 bits per heavy atom. The minimum Gasteiger partial charge on any atom is -0.399 e. The van der Waals surface area contributed by atoms with Gasteiger partial charge in [0.05, 0.1) is 17.6 Å². The highest BCUT2D eigenvalue weighted by Gasteiger charge is 2.16. The minimum atomic E-state index is -3.41. The van der Waals surface area contributed by atoms with Crippen molar-refractivity contribution in [2.75, 3.05) is 32.2 Å². The van der Waals surface area contributed by atoms with Crippen LogP contribution in [0.4, 0.5) is 5.69 Å². The van der Waals surface area contributed by atoms with Gasteiger partial charge >= 0.3 is 0 Å². The Labute approximate surface area is 125 Å². The molecule has 118 valence electrons. The normalized spacial score (nSPS) is 11.7. The van der Waals surface area contributed by atoms with Gasteiger partial charge in [0, 0.05) is 31.1 Å². The van der Waals surface area contributed by atoms with Crippen LogP contribution < -0.4 is 5.73 Å². The first kappa shape index (κ1) is 17.5. The molecule has 0 aromatic heterocycles. The molecule has 1 aromatic rings. The number of benzene rings is 1. The van der Waals surface area contributed by atoms with Gasteiger partial charge in [-0.3, -0.25) is 4.79 Å². The standard InChI is InChI=1S/C14H22N2O4S/c1-10(2)20-6-5-16(3)14(17)11-7-12(15)9-13(8-11)21(4,18)19/h7-10H,5-6,15H2,1-4H3. The Balaban J connectivity index is 2.89. The second kappa shape index (κ2) is 6.91. The quantitative estimate of drug-likeness (QED) is 0.796. The maximum atomic E-state index is 12.3. The number of nitrogens with zero attached hydrogens (tertiary/aromatic N) is 1. The number of nitrogen functional groups attached to an aromatic ring is 1. The van der Waals surface area contributed by atoms with E-state index in [-0.39, 0.29) is 28.2 Å². The summed E-state index contributed by atoms with van der Waals surface area (Å²) in [5, 5.41) is 0. The molecule has 1 rings (SSSR count). The number of rotatable bonds is 6. The Morgan fingerprint density at radius 3 is 2.48 bits per heavy atom. The van der Waals surface area contributed by atoms with Gasteiger partial charge in [0.1, 0.15) is 0 Å². The lowest BCUT2D eigenvalue weighted by molar-refractivity contribution is 0.0532. The van der Waals surface area contributed by atoms with E-state index in [0.717, 1.165) is 6.26 Å². The fraction of sp³-hybridized carbons (Fsp3) is 0.500. The van der Waals surface area contributed by atoms with E-state index in [1.165, 1.54) is 23.1 Å². The summed E-state index contributed by atoms with van der Waals surface area (Å²) in [5.74, 6) is -0.292. The largest absolute Gasteiger partial charge is 0.399 e. The SMILES string of the molecule is CC(C)OCCN(C)C(=O)c1cc(N)cc(S(C)(=O)=O)c1. The fourth-order valence-corrected chi connectivity index (χ4v) is 2.40. The number of nitrogens with two attached hydrogens (primary N) is 1. The first-order valence-corrected chi connectivity index (χ1v) is 8.48. The third kappa shape index (κ3) is 5.35. The van der Waals surface area contributed by atoms with E-state index in [2.05, 4.69) is 0 Å². The van der Waals surface area contributed by atoms with Crippen LogP contribution >= 0.6 is 0 Å². The third-order valence-electron chi connectivity index (χ3n) is 2.83. The smallest absolute Gasteiger partial charge is 0.253 e. The Morgan fingerprint density at radius 2 is 1.95 bits per heavy atom. The minimum absolute atomic E-state index is 0.0395. The zero-order valence-corrected chi connectivity index (χ0v) is 13.6. The van der Waals surface area contributed by atoms with Crippen LogP contribution in [0.1, 0.15) is 24.2 Å². The van der Waals surface area contributed by atoms with Gasteiger partial charge in [0.15, 0.2) is 9.84 Å². The van der Waals surface area contributed by atoms with Crippen LogP contribution in [0.15, 0.2) is 23.1 Å². The second-order valence-electron chi connectivity index (χ2n) is 5.21. The number of amides is 1. The van der Waals surface area contributed by atoms with Crippen LogP contribution in [-0.2, 0) is 14.6 Å². The summed E-state index contributed by atoms with van der Waals surface area (Å²) in [7, 11) is -1.78. The summed E-state index contributed by atoms with van der Waals surface area (Å²) in [4.78, 5) is 13.8. The van der Waals surface area contributed by atoms with Crippen molar-refractivity contribution in [2.24, 2.45) is 0 Å². The molecule has 0 aliphatic rings. The van der Waals surface area contributed by atoms with Crippen molar-refractivity contribution < 1.29 is 17.9 Å². The molecule has 1 amide bonds. The van der Waals surface area contributed by atoms with E-state index in [1.54, 1.807) is 7.05 Å². The van der Waals surface area contributed by atoms with E-state index in [1.807, 2.05) is 13.8 Å². The number of carbonyl (C=O) groups is 1. The summed E-state index contributed by atoms with van der Waals surface area (Å²) in [6, 6.07) is 4.15. The van der Waals surface area contributed by atoms with Crippen LogP contribution in [-0.4, -0.2) is 51.8 Å². The Hall–Kier alpha value is -1.60. The predicted molar refractivity (Wildman–Crippen MR) is 82.0 cm³/mol. The molecule has 0 saturated carbocycles. The first-order valence-electron chi connectivity index (χ1n) is 6.59. The first-order chi connectivity index (χ1) is 9.61. The number of hydrogen-bond donors (Lipinski definition) is 1. The highest BCUT2D eigenvalue weighted by molar-refractivity contribution is 7.90. The van der Waals surface area contributed by atoms with Gasteiger partial charge in [0.25, 0.3) is 5.91 Å². The maximum Gasteiger partial charge on any atom is 0.253 e. The van der Waals surface area contributed by atoms with Gasteiger partial charge in [-0.1, -0.05) is 0 Å². The number of likely N-dealkylation sites (N-methyl/N-ethyl adjacent to an activating group) is 1. The van der Waals surface area contributed by atoms with E-state index in [4.69, 9.17) is 10.5 Å². The van der Waals surface area contributed by atoms with Crippen LogP contribution in [0.3, 0.4) is 0 Å². The molecule has 0 heterocycles. The summed E-state index contributed by atoms with van der Waals surface area (Å²) < 4.78 is 28.5. The molecule has 0 fully saturated rings. The van der Waals surface area contributed by atoms with Gasteiger partial charge < -0.3 is 15.4 Å². The van der Waals surface area contributed by atoms with Crippen molar-refractivity contribution in [1.82, 2.24) is 4.90 Å². The summed E-state index contributed by atoms with van der Waals surface area (Å²) in [6.45, 7) is 4.66. The molecular weight excluding hydrogens is 292 g/mol. The lowest BCUT2D eigenvalue weighted by Gasteiger charge is -2.18. The van der Waals surface area contributed by atoms with Crippen molar-refractivity contribution in [3.8, 4) is 0 Å². The molecule has 0 aliphatic carbocycles.